The minimum absolute atomic E-state index is 0.0144. The first-order valence-corrected chi connectivity index (χ1v) is 7.14. The summed E-state index contributed by atoms with van der Waals surface area (Å²) in [6.45, 7) is 2.28. The van der Waals surface area contributed by atoms with Gasteiger partial charge in [0, 0.05) is 17.8 Å². The normalized spacial score (nSPS) is 10.0. The second kappa shape index (κ2) is 7.87. The van der Waals surface area contributed by atoms with Crippen LogP contribution in [0.5, 0.6) is 0 Å². The van der Waals surface area contributed by atoms with Crippen molar-refractivity contribution in [1.29, 1.82) is 0 Å². The summed E-state index contributed by atoms with van der Waals surface area (Å²) in [5, 5.41) is 8.18. The number of carbonyl (C=O) groups is 2. The molecule has 0 atom stereocenters. The summed E-state index contributed by atoms with van der Waals surface area (Å²) in [6, 6.07) is 10.2. The van der Waals surface area contributed by atoms with Crippen molar-refractivity contribution in [1.82, 2.24) is 5.32 Å². The van der Waals surface area contributed by atoms with Crippen LogP contribution in [0.4, 0.5) is 16.2 Å². The number of amides is 3. The number of hydrogen-bond donors (Lipinski definition) is 3. The molecule has 0 saturated heterocycles. The Morgan fingerprint density at radius 2 is 1.73 bits per heavy atom. The van der Waals surface area contributed by atoms with Crippen molar-refractivity contribution in [2.75, 3.05) is 10.6 Å². The van der Waals surface area contributed by atoms with E-state index in [9.17, 15) is 9.59 Å². The topological polar surface area (TPSA) is 83.4 Å². The van der Waals surface area contributed by atoms with Crippen LogP contribution >= 0.6 is 0 Å². The Hall–Kier alpha value is -2.76. The Bertz CT molecular complexity index is 606. The summed E-state index contributed by atoms with van der Waals surface area (Å²) in [5.74, 6) is 0.670. The van der Waals surface area contributed by atoms with Crippen LogP contribution in [0.25, 0.3) is 0 Å². The molecule has 1 aromatic heterocycles. The van der Waals surface area contributed by atoms with Crippen LogP contribution in [0.3, 0.4) is 0 Å². The first-order chi connectivity index (χ1) is 10.7. The number of carbonyl (C=O) groups excluding carboxylic acids is 2. The quantitative estimate of drug-likeness (QED) is 0.765. The van der Waals surface area contributed by atoms with Crippen molar-refractivity contribution in [3.63, 3.8) is 0 Å². The Balaban J connectivity index is 1.80. The van der Waals surface area contributed by atoms with Gasteiger partial charge in [-0.1, -0.05) is 6.92 Å². The lowest BCUT2D eigenvalue weighted by atomic mass is 10.2. The van der Waals surface area contributed by atoms with Crippen LogP contribution in [-0.4, -0.2) is 11.9 Å². The average molecular weight is 301 g/mol. The second-order valence-electron chi connectivity index (χ2n) is 4.76. The molecule has 3 amide bonds. The minimum atomic E-state index is -0.320. The van der Waals surface area contributed by atoms with Crippen molar-refractivity contribution in [3.8, 4) is 0 Å². The van der Waals surface area contributed by atoms with E-state index in [1.807, 2.05) is 6.92 Å². The fourth-order valence-corrected chi connectivity index (χ4v) is 1.84. The largest absolute Gasteiger partial charge is 0.467 e. The van der Waals surface area contributed by atoms with Crippen molar-refractivity contribution >= 4 is 23.3 Å². The van der Waals surface area contributed by atoms with Gasteiger partial charge in [-0.15, -0.1) is 0 Å². The highest BCUT2D eigenvalue weighted by Crippen LogP contribution is 2.14. The smallest absolute Gasteiger partial charge is 0.319 e. The van der Waals surface area contributed by atoms with Crippen LogP contribution in [-0.2, 0) is 11.3 Å². The summed E-state index contributed by atoms with van der Waals surface area (Å²) in [5.41, 5.74) is 1.35. The summed E-state index contributed by atoms with van der Waals surface area (Å²) >= 11 is 0. The van der Waals surface area contributed by atoms with Crippen molar-refractivity contribution in [2.45, 2.75) is 26.3 Å². The van der Waals surface area contributed by atoms with Gasteiger partial charge in [-0.25, -0.2) is 4.79 Å². The highest BCUT2D eigenvalue weighted by Gasteiger charge is 2.04. The number of nitrogens with one attached hydrogen (secondary N) is 3. The molecule has 0 fully saturated rings. The summed E-state index contributed by atoms with van der Waals surface area (Å²) < 4.78 is 5.12. The van der Waals surface area contributed by atoms with Crippen molar-refractivity contribution < 1.29 is 14.0 Å². The molecule has 2 rings (SSSR count). The zero-order chi connectivity index (χ0) is 15.8. The molecule has 0 bridgehead atoms. The summed E-state index contributed by atoms with van der Waals surface area (Å²) in [4.78, 5) is 23.2. The number of hydrogen-bond acceptors (Lipinski definition) is 3. The van der Waals surface area contributed by atoms with Crippen LogP contribution < -0.4 is 16.0 Å². The van der Waals surface area contributed by atoms with Crippen molar-refractivity contribution in [3.05, 3.63) is 48.4 Å². The highest BCUT2D eigenvalue weighted by atomic mass is 16.3. The number of anilines is 2. The summed E-state index contributed by atoms with van der Waals surface area (Å²) in [7, 11) is 0. The van der Waals surface area contributed by atoms with Gasteiger partial charge in [0.2, 0.25) is 5.91 Å². The van der Waals surface area contributed by atoms with E-state index in [0.717, 1.165) is 6.42 Å². The average Bonchev–Trinajstić information content (AvgIpc) is 3.01. The predicted octanol–water partition coefficient (Wildman–Crippen LogP) is 3.34. The molecule has 116 valence electrons. The van der Waals surface area contributed by atoms with Crippen LogP contribution in [0.15, 0.2) is 47.1 Å². The number of rotatable bonds is 6. The first-order valence-electron chi connectivity index (χ1n) is 7.14. The van der Waals surface area contributed by atoms with Gasteiger partial charge in [-0.3, -0.25) is 4.79 Å². The SMILES string of the molecule is CCCC(=O)Nc1ccc(NC(=O)NCc2ccco2)cc1. The number of urea groups is 1. The van der Waals surface area contributed by atoms with Gasteiger partial charge in [0.1, 0.15) is 5.76 Å². The fraction of sp³-hybridized carbons (Fsp3) is 0.250. The number of furan rings is 1. The third kappa shape index (κ3) is 4.97. The van der Waals surface area contributed by atoms with Gasteiger partial charge >= 0.3 is 6.03 Å². The van der Waals surface area contributed by atoms with E-state index in [2.05, 4.69) is 16.0 Å². The third-order valence-electron chi connectivity index (χ3n) is 2.91. The van der Waals surface area contributed by atoms with Gasteiger partial charge in [0.25, 0.3) is 0 Å². The molecule has 0 aliphatic heterocycles. The molecular formula is C16H19N3O3. The van der Waals surface area contributed by atoms with E-state index in [1.54, 1.807) is 42.7 Å². The molecule has 0 aliphatic carbocycles. The van der Waals surface area contributed by atoms with Gasteiger partial charge in [0.15, 0.2) is 0 Å². The Labute approximate surface area is 128 Å². The van der Waals surface area contributed by atoms with E-state index in [-0.39, 0.29) is 11.9 Å². The molecule has 0 spiro atoms. The molecule has 0 aliphatic rings. The lowest BCUT2D eigenvalue weighted by molar-refractivity contribution is -0.116. The molecule has 1 aromatic carbocycles. The highest BCUT2D eigenvalue weighted by molar-refractivity contribution is 5.92. The Morgan fingerprint density at radius 1 is 1.05 bits per heavy atom. The lowest BCUT2D eigenvalue weighted by Gasteiger charge is -2.08. The van der Waals surface area contributed by atoms with E-state index in [1.165, 1.54) is 0 Å². The maximum absolute atomic E-state index is 11.7. The molecule has 6 nitrogen and oxygen atoms in total. The van der Waals surface area contributed by atoms with Gasteiger partial charge in [-0.2, -0.15) is 0 Å². The van der Waals surface area contributed by atoms with Crippen LogP contribution in [0.1, 0.15) is 25.5 Å². The van der Waals surface area contributed by atoms with E-state index < -0.39 is 0 Å². The molecule has 0 radical (unpaired) electrons. The maximum Gasteiger partial charge on any atom is 0.319 e. The maximum atomic E-state index is 11.7. The molecule has 0 unspecified atom stereocenters. The van der Waals surface area contributed by atoms with E-state index in [0.29, 0.717) is 30.1 Å². The Morgan fingerprint density at radius 3 is 2.32 bits per heavy atom. The molecule has 2 aromatic rings. The lowest BCUT2D eigenvalue weighted by Crippen LogP contribution is -2.27. The third-order valence-corrected chi connectivity index (χ3v) is 2.91. The molecule has 3 N–H and O–H groups in total. The van der Waals surface area contributed by atoms with Gasteiger partial charge in [-0.05, 0) is 42.8 Å². The fourth-order valence-electron chi connectivity index (χ4n) is 1.84. The van der Waals surface area contributed by atoms with Crippen molar-refractivity contribution in [2.24, 2.45) is 0 Å². The van der Waals surface area contributed by atoms with Crippen LogP contribution in [0.2, 0.25) is 0 Å². The zero-order valence-corrected chi connectivity index (χ0v) is 12.4. The molecule has 1 heterocycles. The molecule has 6 heteroatoms. The van der Waals surface area contributed by atoms with Gasteiger partial charge in [0.05, 0.1) is 12.8 Å². The zero-order valence-electron chi connectivity index (χ0n) is 12.4. The number of benzene rings is 1. The van der Waals surface area contributed by atoms with E-state index >= 15 is 0 Å². The molecule has 22 heavy (non-hydrogen) atoms. The monoisotopic (exact) mass is 301 g/mol. The molecule has 0 saturated carbocycles. The predicted molar refractivity (Wildman–Crippen MR) is 84.5 cm³/mol. The van der Waals surface area contributed by atoms with Gasteiger partial charge < -0.3 is 20.4 Å². The van der Waals surface area contributed by atoms with Crippen LogP contribution in [0, 0.1) is 0 Å². The van der Waals surface area contributed by atoms with E-state index in [4.69, 9.17) is 4.42 Å². The second-order valence-corrected chi connectivity index (χ2v) is 4.76. The minimum Gasteiger partial charge on any atom is -0.467 e. The standard InChI is InChI=1S/C16H19N3O3/c1-2-4-15(20)18-12-6-8-13(9-7-12)19-16(21)17-11-14-5-3-10-22-14/h3,5-10H,2,4,11H2,1H3,(H,18,20)(H2,17,19,21). The first kappa shape index (κ1) is 15.6. The molecular weight excluding hydrogens is 282 g/mol. The Kier molecular flexibility index (Phi) is 5.59. The summed E-state index contributed by atoms with van der Waals surface area (Å²) in [6.07, 6.45) is 2.86.